The molecule has 0 fully saturated rings. The predicted octanol–water partition coefficient (Wildman–Crippen LogP) is 7.87. The molecule has 0 aliphatic carbocycles. The van der Waals surface area contributed by atoms with Crippen molar-refractivity contribution in [1.82, 2.24) is 50.2 Å². The Bertz CT molecular complexity index is 3880. The number of hydrogen-bond acceptors (Lipinski definition) is 24. The van der Waals surface area contributed by atoms with Crippen LogP contribution in [0.1, 0.15) is 116 Å². The highest BCUT2D eigenvalue weighted by Gasteiger charge is 2.25. The van der Waals surface area contributed by atoms with Gasteiger partial charge in [0.05, 0.1) is 143 Å². The van der Waals surface area contributed by atoms with Crippen molar-refractivity contribution < 1.29 is 67.2 Å². The van der Waals surface area contributed by atoms with Gasteiger partial charge < -0.3 is 79.5 Å². The molecular formula is C68H87N13O14. The number of carbonyl (C=O) groups excluding carboxylic acids is 2. The first-order valence-corrected chi connectivity index (χ1v) is 31.8. The van der Waals surface area contributed by atoms with Gasteiger partial charge in [-0.1, -0.05) is 13.8 Å². The summed E-state index contributed by atoms with van der Waals surface area (Å²) in [5.41, 5.74) is 25.2. The van der Waals surface area contributed by atoms with Gasteiger partial charge in [0, 0.05) is 63.2 Å². The molecule has 95 heavy (non-hydrogen) atoms. The summed E-state index contributed by atoms with van der Waals surface area (Å²) in [6.07, 6.45) is 8.00. The van der Waals surface area contributed by atoms with Crippen molar-refractivity contribution in [1.29, 1.82) is 0 Å². The van der Waals surface area contributed by atoms with Crippen molar-refractivity contribution in [3.63, 3.8) is 0 Å². The van der Waals surface area contributed by atoms with Crippen LogP contribution in [0.2, 0.25) is 0 Å². The molecule has 27 nitrogen and oxygen atoms in total. The van der Waals surface area contributed by atoms with Gasteiger partial charge in [-0.3, -0.25) is 19.6 Å². The Labute approximate surface area is 551 Å². The van der Waals surface area contributed by atoms with Crippen LogP contribution in [0.4, 0.5) is 17.5 Å². The first kappa shape index (κ1) is 71.8. The van der Waals surface area contributed by atoms with Crippen molar-refractivity contribution in [2.24, 2.45) is 0 Å². The number of nitrogens with one attached hydrogen (secondary N) is 2. The molecule has 6 aromatic rings. The maximum atomic E-state index is 13.4. The number of nitrogens with zero attached hydrogens (tertiary/aromatic N) is 9. The second-order valence-corrected chi connectivity index (χ2v) is 22.3. The van der Waals surface area contributed by atoms with Crippen LogP contribution in [0.25, 0.3) is 55.5 Å². The highest BCUT2D eigenvalue weighted by Crippen LogP contribution is 2.39. The molecule has 2 aromatic carbocycles. The number of anilines is 3. The first-order valence-electron chi connectivity index (χ1n) is 31.8. The molecule has 0 radical (unpaired) electrons. The average Bonchev–Trinajstić information content (AvgIpc) is 1.67. The lowest BCUT2D eigenvalue weighted by molar-refractivity contribution is -0.144. The van der Waals surface area contributed by atoms with Gasteiger partial charge in [-0.25, -0.2) is 24.7 Å². The zero-order valence-electron chi connectivity index (χ0n) is 55.2. The Morgan fingerprint density at radius 1 is 0.642 bits per heavy atom. The number of nitrogen functional groups attached to an aromatic ring is 2. The number of nitrogens with two attached hydrogens (primary N) is 2. The Morgan fingerprint density at radius 2 is 1.23 bits per heavy atom. The molecule has 0 saturated carbocycles. The summed E-state index contributed by atoms with van der Waals surface area (Å²) < 4.78 is 51.3. The normalized spacial score (nSPS) is 12.5. The maximum absolute atomic E-state index is 13.4. The standard InChI is InChI=1S/C68H87N13O14/c1-8-47-48(9-2)53-35-55-50(13-11-21-95-62(83)19-18-51(67(85)86)78-66(84)44-14-16-46(17-15-44)81(5)41-45-38-73-65-63(74-45)64(69)79-68(70)80-65)43(4)59(77-55)40-72-57-37-61(94-33-31-92-29-27-90-25-23-88-7)60(93-32-30-91-28-26-89-24-22-87-6)36-56(57)71-39-58-42(3)49(12-10-20-82)54(76-58)34-52(47)75-53/h14-17,34-40,51,77,82H,8-13,18-33,41H2,1-7H3,(H,78,84)(H,85,86)(H4,69,70,73,79,80)/t51-/m1/s1. The van der Waals surface area contributed by atoms with E-state index in [0.29, 0.717) is 136 Å². The molecule has 1 atom stereocenters. The number of carboxylic acids is 1. The van der Waals surface area contributed by atoms with Crippen LogP contribution in [-0.2, 0) is 55.7 Å². The molecule has 2 aliphatic heterocycles. The van der Waals surface area contributed by atoms with Gasteiger partial charge in [-0.15, -0.1) is 0 Å². The first-order chi connectivity index (χ1) is 46.1. The minimum atomic E-state index is -1.37. The van der Waals surface area contributed by atoms with E-state index in [1.807, 2.05) is 31.9 Å². The van der Waals surface area contributed by atoms with E-state index in [9.17, 15) is 24.6 Å². The number of benzene rings is 2. The number of aromatic nitrogens is 9. The number of carbonyl (C=O) groups is 3. The molecule has 0 spiro atoms. The van der Waals surface area contributed by atoms with Crippen molar-refractivity contribution in [3.05, 3.63) is 112 Å². The van der Waals surface area contributed by atoms with Crippen LogP contribution in [0.15, 0.2) is 67.1 Å². The van der Waals surface area contributed by atoms with Crippen LogP contribution in [-0.4, -0.2) is 193 Å². The van der Waals surface area contributed by atoms with E-state index in [1.165, 1.54) is 0 Å². The molecule has 27 heteroatoms. The largest absolute Gasteiger partial charge is 0.487 e. The molecule has 6 bridgehead atoms. The van der Waals surface area contributed by atoms with E-state index in [1.54, 1.807) is 69.2 Å². The second kappa shape index (κ2) is 36.5. The van der Waals surface area contributed by atoms with Crippen molar-refractivity contribution >= 4 is 90.8 Å². The van der Waals surface area contributed by atoms with Crippen molar-refractivity contribution in [2.75, 3.05) is 130 Å². The van der Waals surface area contributed by atoms with E-state index in [2.05, 4.69) is 50.2 Å². The predicted molar refractivity (Wildman–Crippen MR) is 360 cm³/mol. The van der Waals surface area contributed by atoms with Gasteiger partial charge in [0.15, 0.2) is 28.5 Å². The summed E-state index contributed by atoms with van der Waals surface area (Å²) in [4.78, 5) is 82.1. The fraction of sp³-hybridized carbons (Fsp3) is 0.456. The van der Waals surface area contributed by atoms with Gasteiger partial charge in [0.1, 0.15) is 19.3 Å². The molecule has 1 amide bonds. The van der Waals surface area contributed by atoms with Crippen LogP contribution in [0.5, 0.6) is 11.5 Å². The van der Waals surface area contributed by atoms with Crippen molar-refractivity contribution in [3.8, 4) is 11.5 Å². The number of hydrogen-bond donors (Lipinski definition) is 6. The summed E-state index contributed by atoms with van der Waals surface area (Å²) in [6.45, 7) is 12.9. The molecule has 6 heterocycles. The van der Waals surface area contributed by atoms with E-state index in [0.717, 1.165) is 68.1 Å². The number of aryl methyl sites for hydroxylation is 2. The highest BCUT2D eigenvalue weighted by atomic mass is 16.6. The van der Waals surface area contributed by atoms with E-state index in [4.69, 9.17) is 74.0 Å². The summed E-state index contributed by atoms with van der Waals surface area (Å²) in [6, 6.07) is 12.9. The lowest BCUT2D eigenvalue weighted by Gasteiger charge is -2.19. The fourth-order valence-corrected chi connectivity index (χ4v) is 10.7. The summed E-state index contributed by atoms with van der Waals surface area (Å²) in [7, 11) is 5.07. The lowest BCUT2D eigenvalue weighted by Crippen LogP contribution is -2.41. The van der Waals surface area contributed by atoms with Crippen LogP contribution in [0, 0.1) is 6.92 Å². The topological polar surface area (TPSA) is 361 Å². The third kappa shape index (κ3) is 20.2. The number of aliphatic carboxylic acids is 1. The molecule has 8 N–H and O–H groups in total. The molecule has 0 unspecified atom stereocenters. The Morgan fingerprint density at radius 3 is 1.84 bits per heavy atom. The van der Waals surface area contributed by atoms with Crippen LogP contribution in [0.3, 0.4) is 0 Å². The number of aliphatic hydroxyl groups excluding tert-OH is 1. The number of aromatic amines is 1. The Balaban J connectivity index is 1.03. The molecule has 4 aromatic heterocycles. The molecule has 8 rings (SSSR count). The van der Waals surface area contributed by atoms with Gasteiger partial charge in [-0.05, 0) is 129 Å². The third-order valence-corrected chi connectivity index (χ3v) is 15.7. The zero-order chi connectivity index (χ0) is 67.6. The monoisotopic (exact) mass is 1310 g/mol. The smallest absolute Gasteiger partial charge is 0.326 e. The van der Waals surface area contributed by atoms with Gasteiger partial charge in [-0.2, -0.15) is 9.97 Å². The fourth-order valence-electron chi connectivity index (χ4n) is 10.7. The quantitative estimate of drug-likeness (QED) is 0.0158. The van der Waals surface area contributed by atoms with Gasteiger partial charge in [0.2, 0.25) is 5.95 Å². The summed E-state index contributed by atoms with van der Waals surface area (Å²) >= 11 is 0. The number of esters is 1. The highest BCUT2D eigenvalue weighted by molar-refractivity contribution is 5.97. The molecule has 2 aliphatic rings. The maximum Gasteiger partial charge on any atom is 0.326 e. The number of amides is 1. The molecule has 508 valence electrons. The van der Waals surface area contributed by atoms with Crippen LogP contribution >= 0.6 is 0 Å². The molecular weight excluding hydrogens is 1220 g/mol. The SMILES string of the molecule is CCC1=C(CC)c2cc3[nH]c(cnc4cc(OCCOCCOCCOC)c(OCCOCCOCCOC)cc4ncc4nc(cc1n2)C(CCCO)=C4C)c(C)c3CCCOC(=O)CC[C@@H](NC(=O)c1ccc(N(C)Cc2cnc3nc(N)nc(N)c3n2)cc1)C(=O)O. The average molecular weight is 1310 g/mol. The Kier molecular flexibility index (Phi) is 27.6. The van der Waals surface area contributed by atoms with Gasteiger partial charge in [0.25, 0.3) is 5.91 Å². The van der Waals surface area contributed by atoms with E-state index < -0.39 is 23.9 Å². The number of aliphatic hydroxyl groups is 1. The number of H-pyrrole nitrogens is 1. The minimum absolute atomic E-state index is 0.00330. The number of carboxylic acid groups (broad SMARTS) is 1. The Hall–Kier alpha value is -9.09. The van der Waals surface area contributed by atoms with E-state index >= 15 is 0 Å². The number of methoxy groups -OCH3 is 2. The number of ether oxygens (including phenoxy) is 9. The number of rotatable bonds is 38. The molecule has 0 saturated heterocycles. The summed E-state index contributed by atoms with van der Waals surface area (Å²) in [5, 5.41) is 22.7. The summed E-state index contributed by atoms with van der Waals surface area (Å²) in [5.74, 6) is -1.62. The van der Waals surface area contributed by atoms with Crippen LogP contribution < -0.4 is 31.2 Å². The second-order valence-electron chi connectivity index (χ2n) is 22.3. The van der Waals surface area contributed by atoms with E-state index in [-0.39, 0.29) is 75.5 Å². The van der Waals surface area contributed by atoms with Crippen molar-refractivity contribution in [2.45, 2.75) is 91.6 Å². The number of allylic oxidation sites excluding steroid dienone is 4. The van der Waals surface area contributed by atoms with Gasteiger partial charge >= 0.3 is 11.9 Å². The minimum Gasteiger partial charge on any atom is -0.487 e. The lowest BCUT2D eigenvalue weighted by atomic mass is 9.98. The third-order valence-electron chi connectivity index (χ3n) is 15.7. The number of fused-ring (bicyclic) bond motifs is 8. The zero-order valence-corrected chi connectivity index (χ0v) is 55.2.